The van der Waals surface area contributed by atoms with Gasteiger partial charge in [-0.3, -0.25) is 10.1 Å². The summed E-state index contributed by atoms with van der Waals surface area (Å²) in [6.07, 6.45) is 1.79. The first-order valence-electron chi connectivity index (χ1n) is 5.57. The maximum absolute atomic E-state index is 11.0. The highest BCUT2D eigenvalue weighted by atomic mass is 35.5. The maximum atomic E-state index is 11.0. The fourth-order valence-corrected chi connectivity index (χ4v) is 1.93. The minimum Gasteiger partial charge on any atom is -0.377 e. The average Bonchev–Trinajstić information content (AvgIpc) is 2.24. The lowest BCUT2D eigenvalue weighted by Crippen LogP contribution is -2.18. The fraction of sp³-hybridized carbons (Fsp3) is 0.545. The van der Waals surface area contributed by atoms with Crippen molar-refractivity contribution in [3.8, 4) is 0 Å². The van der Waals surface area contributed by atoms with E-state index < -0.39 is 4.92 Å². The van der Waals surface area contributed by atoms with Crippen LogP contribution < -0.4 is 5.32 Å². The molecule has 6 heteroatoms. The normalized spacial score (nSPS) is 10.6. The van der Waals surface area contributed by atoms with Crippen molar-refractivity contribution in [1.29, 1.82) is 0 Å². The molecule has 0 aliphatic heterocycles. The summed E-state index contributed by atoms with van der Waals surface area (Å²) in [7, 11) is 0. The molecule has 0 atom stereocenters. The van der Waals surface area contributed by atoms with Crippen molar-refractivity contribution in [1.82, 2.24) is 4.98 Å². The van der Waals surface area contributed by atoms with Gasteiger partial charge in [-0.2, -0.15) is 0 Å². The number of aromatic nitrogens is 1. The van der Waals surface area contributed by atoms with E-state index in [1.165, 1.54) is 0 Å². The molecule has 0 aliphatic rings. The van der Waals surface area contributed by atoms with Gasteiger partial charge in [-0.15, -0.1) is 0 Å². The van der Waals surface area contributed by atoms with Crippen LogP contribution >= 0.6 is 11.6 Å². The van der Waals surface area contributed by atoms with Crippen molar-refractivity contribution < 1.29 is 4.92 Å². The predicted molar refractivity (Wildman–Crippen MR) is 68.6 cm³/mol. The van der Waals surface area contributed by atoms with Crippen LogP contribution in [0.15, 0.2) is 6.07 Å². The van der Waals surface area contributed by atoms with Gasteiger partial charge in [0.1, 0.15) is 5.69 Å². The zero-order chi connectivity index (χ0) is 13.0. The van der Waals surface area contributed by atoms with Crippen LogP contribution in [0.25, 0.3) is 0 Å². The summed E-state index contributed by atoms with van der Waals surface area (Å²) < 4.78 is 0. The van der Waals surface area contributed by atoms with Gasteiger partial charge in [0.15, 0.2) is 0 Å². The lowest BCUT2D eigenvalue weighted by Gasteiger charge is -2.16. The average molecular weight is 258 g/mol. The second-order valence-corrected chi connectivity index (χ2v) is 4.22. The van der Waals surface area contributed by atoms with Gasteiger partial charge < -0.3 is 5.32 Å². The highest BCUT2D eigenvalue weighted by Crippen LogP contribution is 2.32. The van der Waals surface area contributed by atoms with Crippen molar-refractivity contribution in [3.05, 3.63) is 27.0 Å². The zero-order valence-corrected chi connectivity index (χ0v) is 10.9. The van der Waals surface area contributed by atoms with Gasteiger partial charge in [0.2, 0.25) is 5.15 Å². The maximum Gasteiger partial charge on any atom is 0.329 e. The van der Waals surface area contributed by atoms with Crippen molar-refractivity contribution in [3.63, 3.8) is 0 Å². The second kappa shape index (κ2) is 5.82. The molecule has 0 bridgehead atoms. The Kier molecular flexibility index (Phi) is 4.69. The summed E-state index contributed by atoms with van der Waals surface area (Å²) in [5.41, 5.74) is 0.958. The third kappa shape index (κ3) is 3.30. The third-order valence-electron chi connectivity index (χ3n) is 2.61. The van der Waals surface area contributed by atoms with Crippen LogP contribution in [0.2, 0.25) is 5.15 Å². The Hall–Kier alpha value is -1.36. The molecule has 0 aliphatic carbocycles. The topological polar surface area (TPSA) is 68.1 Å². The lowest BCUT2D eigenvalue weighted by molar-refractivity contribution is -0.384. The molecule has 1 heterocycles. The minimum atomic E-state index is -0.501. The molecule has 0 spiro atoms. The van der Waals surface area contributed by atoms with E-state index in [9.17, 15) is 10.1 Å². The molecule has 0 unspecified atom stereocenters. The summed E-state index contributed by atoms with van der Waals surface area (Å²) in [6.45, 7) is 5.82. The summed E-state index contributed by atoms with van der Waals surface area (Å²) in [5, 5.41) is 14.0. The zero-order valence-electron chi connectivity index (χ0n) is 10.2. The Bertz CT molecular complexity index is 419. The van der Waals surface area contributed by atoms with Crippen molar-refractivity contribution in [2.45, 2.75) is 39.7 Å². The molecule has 1 aromatic rings. The highest BCUT2D eigenvalue weighted by Gasteiger charge is 2.22. The molecule has 0 saturated heterocycles. The van der Waals surface area contributed by atoms with E-state index in [-0.39, 0.29) is 16.9 Å². The summed E-state index contributed by atoms with van der Waals surface area (Å²) >= 11 is 5.81. The first kappa shape index (κ1) is 13.7. The molecule has 0 aromatic carbocycles. The van der Waals surface area contributed by atoms with Crippen LogP contribution in [0.4, 0.5) is 11.4 Å². The Labute approximate surface area is 105 Å². The number of rotatable bonds is 5. The van der Waals surface area contributed by atoms with Gasteiger partial charge >= 0.3 is 5.69 Å². The van der Waals surface area contributed by atoms with Gasteiger partial charge in [-0.1, -0.05) is 25.4 Å². The highest BCUT2D eigenvalue weighted by molar-refractivity contribution is 6.32. The van der Waals surface area contributed by atoms with Crippen molar-refractivity contribution >= 4 is 23.0 Å². The van der Waals surface area contributed by atoms with E-state index >= 15 is 0 Å². The van der Waals surface area contributed by atoms with Gasteiger partial charge in [-0.05, 0) is 25.8 Å². The molecular weight excluding hydrogens is 242 g/mol. The number of pyridine rings is 1. The van der Waals surface area contributed by atoms with Crippen LogP contribution in [-0.4, -0.2) is 15.9 Å². The summed E-state index contributed by atoms with van der Waals surface area (Å²) in [4.78, 5) is 14.4. The van der Waals surface area contributed by atoms with Crippen LogP contribution in [0, 0.1) is 17.0 Å². The standard InChI is InChI=1S/C11H16ClN3O2/c1-4-8(5-2)14-9-6-7(3)13-11(12)10(9)15(16)17/h6,8H,4-5H2,1-3H3,(H,13,14). The number of nitro groups is 1. The van der Waals surface area contributed by atoms with Gasteiger partial charge in [-0.25, -0.2) is 4.98 Å². The molecule has 1 rings (SSSR count). The molecule has 1 aromatic heterocycles. The number of nitrogens with zero attached hydrogens (tertiary/aromatic N) is 2. The van der Waals surface area contributed by atoms with Crippen LogP contribution in [0.1, 0.15) is 32.4 Å². The van der Waals surface area contributed by atoms with Crippen LogP contribution in [-0.2, 0) is 0 Å². The molecule has 0 amide bonds. The third-order valence-corrected chi connectivity index (χ3v) is 2.87. The molecule has 0 saturated carbocycles. The SMILES string of the molecule is CCC(CC)Nc1cc(C)nc(Cl)c1[N+](=O)[O-]. The predicted octanol–water partition coefficient (Wildman–Crippen LogP) is 3.55. The summed E-state index contributed by atoms with van der Waals surface area (Å²) in [5.74, 6) is 0. The van der Waals surface area contributed by atoms with Crippen LogP contribution in [0.3, 0.4) is 0 Å². The molecule has 1 N–H and O–H groups in total. The van der Waals surface area contributed by atoms with Crippen LogP contribution in [0.5, 0.6) is 0 Å². The summed E-state index contributed by atoms with van der Waals surface area (Å²) in [6, 6.07) is 1.86. The first-order chi connectivity index (χ1) is 7.99. The molecule has 94 valence electrons. The second-order valence-electron chi connectivity index (χ2n) is 3.87. The van der Waals surface area contributed by atoms with Crippen molar-refractivity contribution in [2.24, 2.45) is 0 Å². The quantitative estimate of drug-likeness (QED) is 0.498. The Morgan fingerprint density at radius 2 is 2.12 bits per heavy atom. The monoisotopic (exact) mass is 257 g/mol. The van der Waals surface area contributed by atoms with E-state index in [1.54, 1.807) is 13.0 Å². The van der Waals surface area contributed by atoms with E-state index in [1.807, 2.05) is 13.8 Å². The number of hydrogen-bond acceptors (Lipinski definition) is 4. The molecule has 5 nitrogen and oxygen atoms in total. The number of nitrogens with one attached hydrogen (secondary N) is 1. The molecular formula is C11H16ClN3O2. The van der Waals surface area contributed by atoms with Gasteiger partial charge in [0, 0.05) is 11.7 Å². The fourth-order valence-electron chi connectivity index (χ4n) is 1.62. The van der Waals surface area contributed by atoms with Gasteiger partial charge in [0.05, 0.1) is 4.92 Å². The number of hydrogen-bond donors (Lipinski definition) is 1. The molecule has 17 heavy (non-hydrogen) atoms. The number of aryl methyl sites for hydroxylation is 1. The minimum absolute atomic E-state index is 0.0662. The van der Waals surface area contributed by atoms with Gasteiger partial charge in [0.25, 0.3) is 0 Å². The first-order valence-corrected chi connectivity index (χ1v) is 5.95. The lowest BCUT2D eigenvalue weighted by atomic mass is 10.1. The Morgan fingerprint density at radius 3 is 2.59 bits per heavy atom. The van der Waals surface area contributed by atoms with E-state index in [0.717, 1.165) is 12.8 Å². The smallest absolute Gasteiger partial charge is 0.329 e. The van der Waals surface area contributed by atoms with Crippen molar-refractivity contribution in [2.75, 3.05) is 5.32 Å². The molecule has 0 fully saturated rings. The van der Waals surface area contributed by atoms with E-state index in [0.29, 0.717) is 11.4 Å². The Morgan fingerprint density at radius 1 is 1.53 bits per heavy atom. The molecule has 0 radical (unpaired) electrons. The largest absolute Gasteiger partial charge is 0.377 e. The number of halogens is 1. The number of anilines is 1. The van der Waals surface area contributed by atoms with E-state index in [2.05, 4.69) is 10.3 Å². The van der Waals surface area contributed by atoms with E-state index in [4.69, 9.17) is 11.6 Å². The Balaban J connectivity index is 3.16.